The molecule has 0 saturated carbocycles. The molecular weight excluding hydrogens is 286 g/mol. The van der Waals surface area contributed by atoms with E-state index in [9.17, 15) is 4.79 Å². The van der Waals surface area contributed by atoms with Gasteiger partial charge >= 0.3 is 5.97 Å². The van der Waals surface area contributed by atoms with Crippen LogP contribution in [0.3, 0.4) is 0 Å². The summed E-state index contributed by atoms with van der Waals surface area (Å²) in [6.07, 6.45) is 0. The molecule has 2 aromatic rings. The monoisotopic (exact) mass is 297 g/mol. The SMILES string of the molecule is CCOc1ccc(-c2nc(C)c(C(=O)O)s2)cc1Cl. The first-order valence-corrected chi connectivity index (χ1v) is 6.85. The number of nitrogens with zero attached hydrogens (tertiary/aromatic N) is 1. The quantitative estimate of drug-likeness (QED) is 0.930. The van der Waals surface area contributed by atoms with Crippen molar-refractivity contribution in [3.05, 3.63) is 33.8 Å². The summed E-state index contributed by atoms with van der Waals surface area (Å²) >= 11 is 7.24. The summed E-state index contributed by atoms with van der Waals surface area (Å²) in [4.78, 5) is 15.5. The molecule has 0 unspecified atom stereocenters. The van der Waals surface area contributed by atoms with E-state index in [-0.39, 0.29) is 4.88 Å². The normalized spacial score (nSPS) is 10.5. The molecule has 0 saturated heterocycles. The van der Waals surface area contributed by atoms with Crippen molar-refractivity contribution >= 4 is 28.9 Å². The number of hydrogen-bond acceptors (Lipinski definition) is 4. The van der Waals surface area contributed by atoms with E-state index in [0.717, 1.165) is 16.9 Å². The minimum Gasteiger partial charge on any atom is -0.492 e. The molecule has 4 nitrogen and oxygen atoms in total. The number of aryl methyl sites for hydroxylation is 1. The average Bonchev–Trinajstić information content (AvgIpc) is 2.74. The molecule has 0 aliphatic heterocycles. The molecule has 0 aliphatic rings. The van der Waals surface area contributed by atoms with Gasteiger partial charge in [-0.15, -0.1) is 11.3 Å². The number of halogens is 1. The largest absolute Gasteiger partial charge is 0.492 e. The lowest BCUT2D eigenvalue weighted by Crippen LogP contribution is -1.94. The third kappa shape index (κ3) is 2.88. The fourth-order valence-corrected chi connectivity index (χ4v) is 2.76. The zero-order valence-electron chi connectivity index (χ0n) is 10.4. The summed E-state index contributed by atoms with van der Waals surface area (Å²) in [5, 5.41) is 10.1. The van der Waals surface area contributed by atoms with Crippen LogP contribution in [0.2, 0.25) is 5.02 Å². The maximum atomic E-state index is 11.0. The van der Waals surface area contributed by atoms with Gasteiger partial charge in [-0.3, -0.25) is 0 Å². The van der Waals surface area contributed by atoms with E-state index in [1.54, 1.807) is 19.1 Å². The van der Waals surface area contributed by atoms with Crippen molar-refractivity contribution in [2.24, 2.45) is 0 Å². The minimum absolute atomic E-state index is 0.250. The number of benzene rings is 1. The molecule has 6 heteroatoms. The van der Waals surface area contributed by atoms with E-state index in [2.05, 4.69) is 4.98 Å². The fourth-order valence-electron chi connectivity index (χ4n) is 1.62. The average molecular weight is 298 g/mol. The molecule has 0 fully saturated rings. The summed E-state index contributed by atoms with van der Waals surface area (Å²) in [6.45, 7) is 4.10. The van der Waals surface area contributed by atoms with Crippen LogP contribution in [0.1, 0.15) is 22.3 Å². The Labute approximate surface area is 119 Å². The summed E-state index contributed by atoms with van der Waals surface area (Å²) in [6, 6.07) is 5.32. The van der Waals surface area contributed by atoms with Crippen molar-refractivity contribution in [2.75, 3.05) is 6.61 Å². The number of aromatic nitrogens is 1. The number of carboxylic acids is 1. The van der Waals surface area contributed by atoms with Crippen LogP contribution in [0.5, 0.6) is 5.75 Å². The third-order valence-electron chi connectivity index (χ3n) is 2.47. The number of aromatic carboxylic acids is 1. The van der Waals surface area contributed by atoms with E-state index in [1.165, 1.54) is 0 Å². The Balaban J connectivity index is 2.39. The molecule has 1 aromatic heterocycles. The van der Waals surface area contributed by atoms with Crippen LogP contribution in [-0.4, -0.2) is 22.7 Å². The van der Waals surface area contributed by atoms with E-state index >= 15 is 0 Å². The molecule has 1 aromatic carbocycles. The van der Waals surface area contributed by atoms with E-state index < -0.39 is 5.97 Å². The molecule has 0 atom stereocenters. The standard InChI is InChI=1S/C13H12ClNO3S/c1-3-18-10-5-4-8(6-9(10)14)12-15-7(2)11(19-12)13(16)17/h4-6H,3H2,1-2H3,(H,16,17). The van der Waals surface area contributed by atoms with Gasteiger partial charge in [-0.05, 0) is 32.0 Å². The molecule has 0 spiro atoms. The van der Waals surface area contributed by atoms with Gasteiger partial charge in [0.25, 0.3) is 0 Å². The maximum Gasteiger partial charge on any atom is 0.347 e. The maximum absolute atomic E-state index is 11.0. The van der Waals surface area contributed by atoms with Gasteiger partial charge in [0.1, 0.15) is 15.6 Å². The number of rotatable bonds is 4. The van der Waals surface area contributed by atoms with Crippen LogP contribution < -0.4 is 4.74 Å². The molecule has 0 bridgehead atoms. The second-order valence-electron chi connectivity index (χ2n) is 3.82. The van der Waals surface area contributed by atoms with Crippen LogP contribution in [0, 0.1) is 6.92 Å². The molecule has 0 aliphatic carbocycles. The van der Waals surface area contributed by atoms with Crippen LogP contribution in [-0.2, 0) is 0 Å². The molecule has 0 radical (unpaired) electrons. The molecule has 19 heavy (non-hydrogen) atoms. The fraction of sp³-hybridized carbons (Fsp3) is 0.231. The molecule has 1 N–H and O–H groups in total. The molecule has 0 amide bonds. The molecule has 1 heterocycles. The summed E-state index contributed by atoms with van der Waals surface area (Å²) in [5.74, 6) is -0.349. The highest BCUT2D eigenvalue weighted by Gasteiger charge is 2.15. The van der Waals surface area contributed by atoms with Gasteiger partial charge < -0.3 is 9.84 Å². The summed E-state index contributed by atoms with van der Waals surface area (Å²) < 4.78 is 5.35. The zero-order chi connectivity index (χ0) is 14.0. The van der Waals surface area contributed by atoms with Crippen molar-refractivity contribution in [3.63, 3.8) is 0 Å². The molecular formula is C13H12ClNO3S. The molecule has 2 rings (SSSR count). The Kier molecular flexibility index (Phi) is 4.07. The number of thiazole rings is 1. The molecule has 100 valence electrons. The van der Waals surface area contributed by atoms with Crippen molar-refractivity contribution in [1.29, 1.82) is 0 Å². The Morgan fingerprint density at radius 1 is 1.53 bits per heavy atom. The first-order chi connectivity index (χ1) is 9.02. The minimum atomic E-state index is -0.960. The van der Waals surface area contributed by atoms with Gasteiger partial charge in [0.05, 0.1) is 17.3 Å². The Morgan fingerprint density at radius 2 is 2.26 bits per heavy atom. The first kappa shape index (κ1) is 13.8. The second-order valence-corrected chi connectivity index (χ2v) is 5.22. The smallest absolute Gasteiger partial charge is 0.347 e. The number of carbonyl (C=O) groups is 1. The third-order valence-corrected chi connectivity index (χ3v) is 3.96. The highest BCUT2D eigenvalue weighted by atomic mass is 35.5. The van der Waals surface area contributed by atoms with Crippen molar-refractivity contribution in [3.8, 4) is 16.3 Å². The van der Waals surface area contributed by atoms with E-state index in [4.69, 9.17) is 21.4 Å². The Morgan fingerprint density at radius 3 is 2.79 bits per heavy atom. The predicted molar refractivity (Wildman–Crippen MR) is 75.4 cm³/mol. The van der Waals surface area contributed by atoms with Gasteiger partial charge in [0.15, 0.2) is 0 Å². The number of carboxylic acid groups (broad SMARTS) is 1. The number of hydrogen-bond donors (Lipinski definition) is 1. The van der Waals surface area contributed by atoms with Crippen LogP contribution in [0.15, 0.2) is 18.2 Å². The van der Waals surface area contributed by atoms with Gasteiger partial charge in [-0.1, -0.05) is 11.6 Å². The highest BCUT2D eigenvalue weighted by molar-refractivity contribution is 7.17. The summed E-state index contributed by atoms with van der Waals surface area (Å²) in [5.41, 5.74) is 1.30. The lowest BCUT2D eigenvalue weighted by molar-refractivity contribution is 0.0701. The lowest BCUT2D eigenvalue weighted by atomic mass is 10.2. The van der Waals surface area contributed by atoms with E-state index in [0.29, 0.717) is 28.1 Å². The first-order valence-electron chi connectivity index (χ1n) is 5.66. The topological polar surface area (TPSA) is 59.4 Å². The van der Waals surface area contributed by atoms with Crippen LogP contribution in [0.4, 0.5) is 0 Å². The van der Waals surface area contributed by atoms with E-state index in [1.807, 2.05) is 13.0 Å². The summed E-state index contributed by atoms with van der Waals surface area (Å²) in [7, 11) is 0. The Hall–Kier alpha value is -1.59. The van der Waals surface area contributed by atoms with Gasteiger partial charge in [0, 0.05) is 5.56 Å². The Bertz CT molecular complexity index is 624. The van der Waals surface area contributed by atoms with Crippen molar-refractivity contribution < 1.29 is 14.6 Å². The van der Waals surface area contributed by atoms with Crippen molar-refractivity contribution in [1.82, 2.24) is 4.98 Å². The van der Waals surface area contributed by atoms with Crippen LogP contribution >= 0.6 is 22.9 Å². The zero-order valence-corrected chi connectivity index (χ0v) is 12.0. The number of ether oxygens (including phenoxy) is 1. The second kappa shape index (κ2) is 5.59. The van der Waals surface area contributed by atoms with Gasteiger partial charge in [-0.2, -0.15) is 0 Å². The van der Waals surface area contributed by atoms with Gasteiger partial charge in [0.2, 0.25) is 0 Å². The predicted octanol–water partition coefficient (Wildman–Crippen LogP) is 3.87. The highest BCUT2D eigenvalue weighted by Crippen LogP contribution is 2.33. The van der Waals surface area contributed by atoms with Gasteiger partial charge in [-0.25, -0.2) is 9.78 Å². The lowest BCUT2D eigenvalue weighted by Gasteiger charge is -2.06. The van der Waals surface area contributed by atoms with Crippen LogP contribution in [0.25, 0.3) is 10.6 Å². The van der Waals surface area contributed by atoms with Crippen molar-refractivity contribution in [2.45, 2.75) is 13.8 Å².